The normalized spacial score (nSPS) is 40.7. The second kappa shape index (κ2) is 4.19. The highest BCUT2D eigenvalue weighted by atomic mass is 16.6. The summed E-state index contributed by atoms with van der Waals surface area (Å²) in [6.07, 6.45) is 8.38. The molecule has 0 aromatic rings. The fraction of sp³-hybridized carbons (Fsp3) is 1.00. The molecule has 1 aliphatic carbocycles. The molecule has 3 atom stereocenters. The molecule has 2 nitrogen and oxygen atoms in total. The lowest BCUT2D eigenvalue weighted by Crippen LogP contribution is -2.34. The Balaban J connectivity index is 1.67. The predicted molar refractivity (Wildman–Crippen MR) is 56.4 cm³/mol. The van der Waals surface area contributed by atoms with Gasteiger partial charge in [-0.1, -0.05) is 19.8 Å². The standard InChI is InChI=1S/C12H22O2/c1-3-4-5-8-13-12(2)7-6-10-11(9-12)14-10/h10-11H,3-9H2,1-2H3/t10-,11+,12?/m1/s1. The maximum Gasteiger partial charge on any atom is 0.0869 e. The molecule has 1 saturated carbocycles. The summed E-state index contributed by atoms with van der Waals surface area (Å²) in [6, 6.07) is 0. The monoisotopic (exact) mass is 198 g/mol. The quantitative estimate of drug-likeness (QED) is 0.500. The molecule has 0 aromatic carbocycles. The van der Waals surface area contributed by atoms with Crippen LogP contribution < -0.4 is 0 Å². The molecule has 2 fully saturated rings. The van der Waals surface area contributed by atoms with Crippen LogP contribution in [0.5, 0.6) is 0 Å². The Morgan fingerprint density at radius 3 is 2.93 bits per heavy atom. The third-order valence-corrected chi connectivity index (χ3v) is 3.48. The third-order valence-electron chi connectivity index (χ3n) is 3.48. The van der Waals surface area contributed by atoms with E-state index in [1.54, 1.807) is 0 Å². The average molecular weight is 198 g/mol. The van der Waals surface area contributed by atoms with Crippen molar-refractivity contribution in [3.8, 4) is 0 Å². The maximum atomic E-state index is 5.99. The highest BCUT2D eigenvalue weighted by molar-refractivity contribution is 4.98. The van der Waals surface area contributed by atoms with Gasteiger partial charge in [-0.15, -0.1) is 0 Å². The van der Waals surface area contributed by atoms with Gasteiger partial charge in [0, 0.05) is 13.0 Å². The summed E-state index contributed by atoms with van der Waals surface area (Å²) in [5, 5.41) is 0. The van der Waals surface area contributed by atoms with Crippen molar-refractivity contribution in [2.75, 3.05) is 6.61 Å². The summed E-state index contributed by atoms with van der Waals surface area (Å²) < 4.78 is 11.5. The molecule has 1 heterocycles. The van der Waals surface area contributed by atoms with Gasteiger partial charge in [0.15, 0.2) is 0 Å². The minimum atomic E-state index is 0.116. The molecule has 2 heteroatoms. The summed E-state index contributed by atoms with van der Waals surface area (Å²) in [6.45, 7) is 5.41. The Morgan fingerprint density at radius 2 is 2.21 bits per heavy atom. The van der Waals surface area contributed by atoms with Gasteiger partial charge in [-0.2, -0.15) is 0 Å². The van der Waals surface area contributed by atoms with Gasteiger partial charge in [0.25, 0.3) is 0 Å². The fourth-order valence-corrected chi connectivity index (χ4v) is 2.39. The van der Waals surface area contributed by atoms with Crippen LogP contribution in [-0.4, -0.2) is 24.4 Å². The van der Waals surface area contributed by atoms with Crippen LogP contribution in [0.1, 0.15) is 52.4 Å². The molecule has 1 unspecified atom stereocenters. The number of epoxide rings is 1. The van der Waals surface area contributed by atoms with Gasteiger partial charge in [0.2, 0.25) is 0 Å². The molecular weight excluding hydrogens is 176 g/mol. The zero-order valence-electron chi connectivity index (χ0n) is 9.42. The van der Waals surface area contributed by atoms with E-state index in [4.69, 9.17) is 9.47 Å². The van der Waals surface area contributed by atoms with Crippen LogP contribution in [0.25, 0.3) is 0 Å². The molecule has 0 aromatic heterocycles. The van der Waals surface area contributed by atoms with Gasteiger partial charge in [-0.3, -0.25) is 0 Å². The van der Waals surface area contributed by atoms with E-state index in [-0.39, 0.29) is 5.60 Å². The van der Waals surface area contributed by atoms with Crippen molar-refractivity contribution in [1.29, 1.82) is 0 Å². The molecule has 2 aliphatic rings. The second-order valence-electron chi connectivity index (χ2n) is 4.96. The van der Waals surface area contributed by atoms with Crippen LogP contribution in [0.3, 0.4) is 0 Å². The first-order valence-corrected chi connectivity index (χ1v) is 6.03. The van der Waals surface area contributed by atoms with Crippen molar-refractivity contribution in [2.45, 2.75) is 70.2 Å². The van der Waals surface area contributed by atoms with Crippen molar-refractivity contribution in [3.63, 3.8) is 0 Å². The minimum Gasteiger partial charge on any atom is -0.375 e. The number of unbranched alkanes of at least 4 members (excludes halogenated alkanes) is 2. The van der Waals surface area contributed by atoms with Crippen LogP contribution in [-0.2, 0) is 9.47 Å². The van der Waals surface area contributed by atoms with E-state index in [2.05, 4.69) is 13.8 Å². The Bertz CT molecular complexity index is 193. The Morgan fingerprint density at radius 1 is 1.36 bits per heavy atom. The molecule has 1 saturated heterocycles. The zero-order valence-corrected chi connectivity index (χ0v) is 9.42. The van der Waals surface area contributed by atoms with Crippen LogP contribution in [0.4, 0.5) is 0 Å². The topological polar surface area (TPSA) is 21.8 Å². The number of fused-ring (bicyclic) bond motifs is 1. The molecule has 2 rings (SSSR count). The Hall–Kier alpha value is -0.0800. The van der Waals surface area contributed by atoms with E-state index in [1.165, 1.54) is 32.1 Å². The summed E-state index contributed by atoms with van der Waals surface area (Å²) >= 11 is 0. The van der Waals surface area contributed by atoms with Crippen LogP contribution >= 0.6 is 0 Å². The summed E-state index contributed by atoms with van der Waals surface area (Å²) in [5.74, 6) is 0. The molecule has 0 radical (unpaired) electrons. The first-order valence-electron chi connectivity index (χ1n) is 6.03. The fourth-order valence-electron chi connectivity index (χ4n) is 2.39. The Kier molecular flexibility index (Phi) is 3.13. The minimum absolute atomic E-state index is 0.116. The highest BCUT2D eigenvalue weighted by Gasteiger charge is 2.48. The summed E-state index contributed by atoms with van der Waals surface area (Å²) in [5.41, 5.74) is 0.116. The van der Waals surface area contributed by atoms with E-state index in [9.17, 15) is 0 Å². The van der Waals surface area contributed by atoms with E-state index in [0.29, 0.717) is 12.2 Å². The van der Waals surface area contributed by atoms with Crippen molar-refractivity contribution >= 4 is 0 Å². The molecule has 0 amide bonds. The SMILES string of the molecule is CCCCCOC1(C)CC[C@H]2O[C@H]2C1. The zero-order chi connectivity index (χ0) is 10.0. The number of ether oxygens (including phenoxy) is 2. The van der Waals surface area contributed by atoms with Crippen LogP contribution in [0, 0.1) is 0 Å². The van der Waals surface area contributed by atoms with Crippen molar-refractivity contribution in [2.24, 2.45) is 0 Å². The van der Waals surface area contributed by atoms with E-state index < -0.39 is 0 Å². The van der Waals surface area contributed by atoms with Gasteiger partial charge in [-0.05, 0) is 26.2 Å². The van der Waals surface area contributed by atoms with Crippen LogP contribution in [0.15, 0.2) is 0 Å². The largest absolute Gasteiger partial charge is 0.375 e. The highest BCUT2D eigenvalue weighted by Crippen LogP contribution is 2.43. The van der Waals surface area contributed by atoms with Gasteiger partial charge in [-0.25, -0.2) is 0 Å². The van der Waals surface area contributed by atoms with Gasteiger partial charge in [0.1, 0.15) is 0 Å². The number of hydrogen-bond donors (Lipinski definition) is 0. The lowest BCUT2D eigenvalue weighted by Gasteiger charge is -2.31. The molecular formula is C12H22O2. The lowest BCUT2D eigenvalue weighted by molar-refractivity contribution is -0.0530. The number of rotatable bonds is 5. The van der Waals surface area contributed by atoms with Crippen molar-refractivity contribution < 1.29 is 9.47 Å². The molecule has 0 N–H and O–H groups in total. The van der Waals surface area contributed by atoms with Crippen molar-refractivity contribution in [3.05, 3.63) is 0 Å². The van der Waals surface area contributed by atoms with E-state index in [0.717, 1.165) is 13.0 Å². The first kappa shape index (κ1) is 10.4. The molecule has 14 heavy (non-hydrogen) atoms. The summed E-state index contributed by atoms with van der Waals surface area (Å²) in [7, 11) is 0. The Labute approximate surface area is 87.0 Å². The third kappa shape index (κ3) is 2.48. The molecule has 0 bridgehead atoms. The maximum absolute atomic E-state index is 5.99. The van der Waals surface area contributed by atoms with Gasteiger partial charge < -0.3 is 9.47 Å². The van der Waals surface area contributed by atoms with Gasteiger partial charge in [0.05, 0.1) is 17.8 Å². The molecule has 1 aliphatic heterocycles. The molecule has 82 valence electrons. The summed E-state index contributed by atoms with van der Waals surface area (Å²) in [4.78, 5) is 0. The smallest absolute Gasteiger partial charge is 0.0869 e. The van der Waals surface area contributed by atoms with Crippen molar-refractivity contribution in [1.82, 2.24) is 0 Å². The second-order valence-corrected chi connectivity index (χ2v) is 4.96. The number of hydrogen-bond acceptors (Lipinski definition) is 2. The average Bonchev–Trinajstić information content (AvgIpc) is 2.90. The molecule has 0 spiro atoms. The van der Waals surface area contributed by atoms with Gasteiger partial charge >= 0.3 is 0 Å². The van der Waals surface area contributed by atoms with Crippen LogP contribution in [0.2, 0.25) is 0 Å². The predicted octanol–water partition coefficient (Wildman–Crippen LogP) is 2.90. The van der Waals surface area contributed by atoms with E-state index >= 15 is 0 Å². The lowest BCUT2D eigenvalue weighted by atomic mass is 9.86. The van der Waals surface area contributed by atoms with E-state index in [1.807, 2.05) is 0 Å². The first-order chi connectivity index (χ1) is 6.73.